The van der Waals surface area contributed by atoms with Crippen molar-refractivity contribution in [1.29, 1.82) is 5.26 Å². The van der Waals surface area contributed by atoms with Gasteiger partial charge in [-0.3, -0.25) is 4.79 Å². The first-order valence-corrected chi connectivity index (χ1v) is 10.7. The molecule has 2 aliphatic rings. The summed E-state index contributed by atoms with van der Waals surface area (Å²) in [6.07, 6.45) is 5.24. The third-order valence-electron chi connectivity index (χ3n) is 5.49. The van der Waals surface area contributed by atoms with Crippen LogP contribution in [0.3, 0.4) is 0 Å². The minimum absolute atomic E-state index is 0.0802. The number of hydrogen-bond acceptors (Lipinski definition) is 5. The van der Waals surface area contributed by atoms with Gasteiger partial charge < -0.3 is 9.47 Å². The number of nitriles is 1. The smallest absolute Gasteiger partial charge is 0.243 e. The van der Waals surface area contributed by atoms with Crippen LogP contribution in [0.15, 0.2) is 41.7 Å². The Bertz CT molecular complexity index is 1010. The van der Waals surface area contributed by atoms with Crippen LogP contribution in [0.5, 0.6) is 0 Å². The van der Waals surface area contributed by atoms with Gasteiger partial charge in [-0.2, -0.15) is 9.57 Å². The van der Waals surface area contributed by atoms with Gasteiger partial charge in [0.15, 0.2) is 0 Å². The van der Waals surface area contributed by atoms with Crippen LogP contribution in [-0.2, 0) is 27.8 Å². The first-order chi connectivity index (χ1) is 13.5. The number of fused-ring (bicyclic) bond motifs is 1. The van der Waals surface area contributed by atoms with Gasteiger partial charge in [-0.1, -0.05) is 0 Å². The van der Waals surface area contributed by atoms with Gasteiger partial charge in [-0.25, -0.2) is 13.4 Å². The molecule has 2 aliphatic heterocycles. The van der Waals surface area contributed by atoms with Crippen LogP contribution in [-0.4, -0.2) is 59.3 Å². The first-order valence-electron chi connectivity index (χ1n) is 9.27. The molecule has 4 rings (SSSR count). The van der Waals surface area contributed by atoms with Crippen LogP contribution in [0.25, 0.3) is 0 Å². The van der Waals surface area contributed by atoms with Crippen molar-refractivity contribution in [3.8, 4) is 6.07 Å². The van der Waals surface area contributed by atoms with Gasteiger partial charge >= 0.3 is 0 Å². The standard InChI is InChI=1S/C19H21N5O3S/c20-11-15-1-5-18(6-2-15)28(26,27)24-9-7-22(8-10-24)19(25)16-3-4-17-12-21-14-23(17)13-16/h1-2,5-6,12,14,16H,3-4,7-10,13H2. The number of carbonyl (C=O) groups is 1. The number of rotatable bonds is 3. The number of amides is 1. The Morgan fingerprint density at radius 1 is 1.14 bits per heavy atom. The SMILES string of the molecule is N#Cc1ccc(S(=O)(=O)N2CCN(C(=O)C3CCc4cncn4C3)CC2)cc1. The summed E-state index contributed by atoms with van der Waals surface area (Å²) < 4.78 is 29.0. The zero-order chi connectivity index (χ0) is 19.7. The Hall–Kier alpha value is -2.70. The molecule has 2 aromatic rings. The van der Waals surface area contributed by atoms with E-state index in [4.69, 9.17) is 5.26 Å². The van der Waals surface area contributed by atoms with Crippen LogP contribution >= 0.6 is 0 Å². The number of hydrogen-bond donors (Lipinski definition) is 0. The van der Waals surface area contributed by atoms with E-state index in [9.17, 15) is 13.2 Å². The summed E-state index contributed by atoms with van der Waals surface area (Å²) in [5, 5.41) is 8.86. The average Bonchev–Trinajstić information content (AvgIpc) is 3.21. The number of piperazine rings is 1. The lowest BCUT2D eigenvalue weighted by molar-refractivity contribution is -0.137. The number of aromatic nitrogens is 2. The molecule has 1 atom stereocenters. The molecule has 0 N–H and O–H groups in total. The molecule has 0 aliphatic carbocycles. The van der Waals surface area contributed by atoms with Gasteiger partial charge in [0.2, 0.25) is 15.9 Å². The summed E-state index contributed by atoms with van der Waals surface area (Å²) in [6, 6.07) is 7.89. The van der Waals surface area contributed by atoms with Crippen LogP contribution in [0.2, 0.25) is 0 Å². The van der Waals surface area contributed by atoms with Crippen LogP contribution in [0.1, 0.15) is 17.7 Å². The molecule has 0 bridgehead atoms. The second-order valence-corrected chi connectivity index (χ2v) is 9.08. The molecule has 1 unspecified atom stereocenters. The fraction of sp³-hybridized carbons (Fsp3) is 0.421. The number of benzene rings is 1. The number of nitrogens with zero attached hydrogens (tertiary/aromatic N) is 5. The fourth-order valence-electron chi connectivity index (χ4n) is 3.83. The van der Waals surface area contributed by atoms with Crippen molar-refractivity contribution in [1.82, 2.24) is 18.8 Å². The molecule has 1 amide bonds. The summed E-state index contributed by atoms with van der Waals surface area (Å²) in [6.45, 7) is 1.97. The summed E-state index contributed by atoms with van der Waals surface area (Å²) in [7, 11) is -3.62. The van der Waals surface area contributed by atoms with Crippen molar-refractivity contribution in [3.05, 3.63) is 48.0 Å². The monoisotopic (exact) mass is 399 g/mol. The van der Waals surface area contributed by atoms with E-state index in [0.29, 0.717) is 25.2 Å². The highest BCUT2D eigenvalue weighted by Gasteiger charge is 2.33. The molecule has 0 saturated carbocycles. The normalized spacial score (nSPS) is 20.4. The van der Waals surface area contributed by atoms with Crippen molar-refractivity contribution >= 4 is 15.9 Å². The Labute approximate surface area is 164 Å². The largest absolute Gasteiger partial charge is 0.340 e. The van der Waals surface area contributed by atoms with E-state index in [-0.39, 0.29) is 29.8 Å². The van der Waals surface area contributed by atoms with E-state index < -0.39 is 10.0 Å². The lowest BCUT2D eigenvalue weighted by atomic mass is 9.96. The number of imidazole rings is 1. The second kappa shape index (κ2) is 7.37. The van der Waals surface area contributed by atoms with Gasteiger partial charge in [0.05, 0.1) is 28.8 Å². The predicted molar refractivity (Wildman–Crippen MR) is 101 cm³/mol. The van der Waals surface area contributed by atoms with Crippen LogP contribution in [0, 0.1) is 17.2 Å². The van der Waals surface area contributed by atoms with Crippen LogP contribution < -0.4 is 0 Å². The number of carbonyl (C=O) groups excluding carboxylic acids is 1. The van der Waals surface area contributed by atoms with Gasteiger partial charge in [-0.15, -0.1) is 0 Å². The van der Waals surface area contributed by atoms with E-state index in [1.807, 2.05) is 16.8 Å². The van der Waals surface area contributed by atoms with Crippen molar-refractivity contribution in [2.75, 3.05) is 26.2 Å². The zero-order valence-corrected chi connectivity index (χ0v) is 16.2. The predicted octanol–water partition coefficient (Wildman–Crippen LogP) is 0.850. The maximum Gasteiger partial charge on any atom is 0.243 e. The number of aryl methyl sites for hydroxylation is 1. The van der Waals surface area contributed by atoms with E-state index in [1.165, 1.54) is 28.6 Å². The summed E-state index contributed by atoms with van der Waals surface area (Å²) in [4.78, 5) is 19.0. The Kier molecular flexibility index (Phi) is 4.91. The summed E-state index contributed by atoms with van der Waals surface area (Å²) in [5.41, 5.74) is 1.57. The second-order valence-electron chi connectivity index (χ2n) is 7.14. The molecular formula is C19H21N5O3S. The Morgan fingerprint density at radius 3 is 2.54 bits per heavy atom. The van der Waals surface area contributed by atoms with Gasteiger partial charge in [0.1, 0.15) is 0 Å². The highest BCUT2D eigenvalue weighted by Crippen LogP contribution is 2.23. The fourth-order valence-corrected chi connectivity index (χ4v) is 5.25. The third-order valence-corrected chi connectivity index (χ3v) is 7.40. The van der Waals surface area contributed by atoms with E-state index in [2.05, 4.69) is 4.98 Å². The Morgan fingerprint density at radius 2 is 1.86 bits per heavy atom. The van der Waals surface area contributed by atoms with Crippen molar-refractivity contribution < 1.29 is 13.2 Å². The first kappa shape index (κ1) is 18.7. The third kappa shape index (κ3) is 3.41. The van der Waals surface area contributed by atoms with Gasteiger partial charge in [0, 0.05) is 44.6 Å². The molecule has 0 radical (unpaired) electrons. The van der Waals surface area contributed by atoms with Crippen molar-refractivity contribution in [2.24, 2.45) is 5.92 Å². The zero-order valence-electron chi connectivity index (χ0n) is 15.4. The van der Waals surface area contributed by atoms with Crippen LogP contribution in [0.4, 0.5) is 0 Å². The molecule has 1 aromatic carbocycles. The maximum absolute atomic E-state index is 12.9. The highest BCUT2D eigenvalue weighted by molar-refractivity contribution is 7.89. The van der Waals surface area contributed by atoms with Gasteiger partial charge in [0.25, 0.3) is 0 Å². The molecule has 0 spiro atoms. The van der Waals surface area contributed by atoms with Gasteiger partial charge in [-0.05, 0) is 37.1 Å². The molecule has 3 heterocycles. The average molecular weight is 399 g/mol. The van der Waals surface area contributed by atoms with E-state index in [1.54, 1.807) is 11.2 Å². The van der Waals surface area contributed by atoms with Crippen molar-refractivity contribution in [2.45, 2.75) is 24.3 Å². The molecule has 1 saturated heterocycles. The minimum Gasteiger partial charge on any atom is -0.340 e. The molecule has 1 aromatic heterocycles. The molecule has 8 nitrogen and oxygen atoms in total. The topological polar surface area (TPSA) is 99.3 Å². The molecule has 28 heavy (non-hydrogen) atoms. The summed E-state index contributed by atoms with van der Waals surface area (Å²) in [5.74, 6) is 0.0122. The maximum atomic E-state index is 12.9. The lowest BCUT2D eigenvalue weighted by Gasteiger charge is -2.36. The number of sulfonamides is 1. The van der Waals surface area contributed by atoms with E-state index in [0.717, 1.165) is 18.5 Å². The minimum atomic E-state index is -3.62. The molecule has 1 fully saturated rings. The molecule has 146 valence electrons. The molecular weight excluding hydrogens is 378 g/mol. The quantitative estimate of drug-likeness (QED) is 0.762. The van der Waals surface area contributed by atoms with Crippen molar-refractivity contribution in [3.63, 3.8) is 0 Å². The Balaban J connectivity index is 1.39. The van der Waals surface area contributed by atoms with E-state index >= 15 is 0 Å². The highest BCUT2D eigenvalue weighted by atomic mass is 32.2. The molecule has 9 heteroatoms. The lowest BCUT2D eigenvalue weighted by Crippen LogP contribution is -2.52. The summed E-state index contributed by atoms with van der Waals surface area (Å²) >= 11 is 0.